The smallest absolute Gasteiger partial charge is 0.339 e. The molecular formula is C25H38N3O8PS. The molecule has 3 rings (SSSR count). The van der Waals surface area contributed by atoms with Crippen molar-refractivity contribution in [2.24, 2.45) is 16.1 Å². The van der Waals surface area contributed by atoms with E-state index in [1.54, 1.807) is 19.9 Å². The third kappa shape index (κ3) is 9.87. The predicted molar refractivity (Wildman–Crippen MR) is 147 cm³/mol. The first kappa shape index (κ1) is 30.4. The summed E-state index contributed by atoms with van der Waals surface area (Å²) >= 11 is 1.42. The fourth-order valence-electron chi connectivity index (χ4n) is 3.60. The molecule has 1 aromatic rings. The van der Waals surface area contributed by atoms with Gasteiger partial charge < -0.3 is 28.7 Å². The molecule has 2 heterocycles. The van der Waals surface area contributed by atoms with Crippen LogP contribution in [-0.4, -0.2) is 59.3 Å². The Balaban J connectivity index is 1.57. The zero-order valence-corrected chi connectivity index (χ0v) is 24.1. The number of ether oxygens (including phenoxy) is 1. The van der Waals surface area contributed by atoms with Crippen molar-refractivity contribution >= 4 is 36.0 Å². The lowest BCUT2D eigenvalue weighted by atomic mass is 10.0. The van der Waals surface area contributed by atoms with Crippen molar-refractivity contribution in [1.82, 2.24) is 5.32 Å². The molecule has 1 aromatic heterocycles. The van der Waals surface area contributed by atoms with Crippen LogP contribution in [0.1, 0.15) is 71.1 Å². The summed E-state index contributed by atoms with van der Waals surface area (Å²) in [5.41, 5.74) is -0.962. The molecule has 212 valence electrons. The zero-order valence-electron chi connectivity index (χ0n) is 22.4. The summed E-state index contributed by atoms with van der Waals surface area (Å²) in [6.45, 7) is 7.74. The lowest BCUT2D eigenvalue weighted by Gasteiger charge is -2.24. The van der Waals surface area contributed by atoms with Gasteiger partial charge in [0.2, 0.25) is 5.91 Å². The monoisotopic (exact) mass is 571 g/mol. The number of amides is 1. The first-order chi connectivity index (χ1) is 18.0. The predicted octanol–water partition coefficient (Wildman–Crippen LogP) is 4.29. The minimum atomic E-state index is -3.46. The summed E-state index contributed by atoms with van der Waals surface area (Å²) in [7, 11) is -3.46. The van der Waals surface area contributed by atoms with Gasteiger partial charge in [0.15, 0.2) is 0 Å². The molecule has 1 amide bonds. The molecule has 0 aromatic carbocycles. The molecule has 0 radical (unpaired) electrons. The van der Waals surface area contributed by atoms with Crippen molar-refractivity contribution < 1.29 is 32.8 Å². The van der Waals surface area contributed by atoms with Gasteiger partial charge >= 0.3 is 13.2 Å². The van der Waals surface area contributed by atoms with Crippen LogP contribution in [0.3, 0.4) is 0 Å². The maximum Gasteiger partial charge on any atom is 0.339 e. The maximum atomic E-state index is 13.3. The van der Waals surface area contributed by atoms with Gasteiger partial charge in [-0.1, -0.05) is 18.5 Å². The van der Waals surface area contributed by atoms with Crippen LogP contribution in [0, 0.1) is 5.92 Å². The van der Waals surface area contributed by atoms with E-state index in [1.807, 2.05) is 6.92 Å². The Bertz CT molecular complexity index is 1130. The van der Waals surface area contributed by atoms with Crippen molar-refractivity contribution in [3.8, 4) is 5.75 Å². The van der Waals surface area contributed by atoms with E-state index in [9.17, 15) is 14.2 Å². The summed E-state index contributed by atoms with van der Waals surface area (Å²) in [5.74, 6) is 1.54. The van der Waals surface area contributed by atoms with E-state index < -0.39 is 24.8 Å². The maximum absolute atomic E-state index is 13.3. The van der Waals surface area contributed by atoms with Gasteiger partial charge in [-0.05, 0) is 51.9 Å². The summed E-state index contributed by atoms with van der Waals surface area (Å²) < 4.78 is 27.1. The van der Waals surface area contributed by atoms with E-state index in [2.05, 4.69) is 15.5 Å². The number of nitrogens with zero attached hydrogens (tertiary/aromatic N) is 2. The number of hydrogen-bond donors (Lipinski definition) is 2. The van der Waals surface area contributed by atoms with Crippen molar-refractivity contribution in [2.45, 2.75) is 70.9 Å². The van der Waals surface area contributed by atoms with Crippen molar-refractivity contribution in [2.75, 3.05) is 32.2 Å². The molecule has 2 N–H and O–H groups in total. The number of unbranched alkanes of at least 4 members (excludes halogenated alkanes) is 1. The SMILES string of the molecule is CCC[C@@H](NC(=O)[C@]1(C)CSC(/C(C)=N/OCCCCOP(C)(=O)O)=N1)c1cc(OCC2CC2)cc(=O)o1. The van der Waals surface area contributed by atoms with Crippen LogP contribution in [-0.2, 0) is 18.7 Å². The number of oxime groups is 1. The van der Waals surface area contributed by atoms with E-state index in [0.29, 0.717) is 66.4 Å². The largest absolute Gasteiger partial charge is 0.493 e. The third-order valence-electron chi connectivity index (χ3n) is 5.97. The minimum absolute atomic E-state index is 0.173. The molecule has 3 atom stereocenters. The van der Waals surface area contributed by atoms with Crippen LogP contribution in [0.25, 0.3) is 0 Å². The number of thioether (sulfide) groups is 1. The van der Waals surface area contributed by atoms with Gasteiger partial charge in [-0.25, -0.2) is 4.79 Å². The van der Waals surface area contributed by atoms with E-state index in [4.69, 9.17) is 23.4 Å². The standard InChI is InChI=1S/C25H38N3O8PS/c1-5-8-20(21-13-19(14-22(29)36-21)33-15-18-9-10-18)26-24(30)25(3)16-38-23(27-25)17(2)28-34-11-6-7-12-35-37(4,31)32/h13-14,18,20H,5-12,15-16H2,1-4H3,(H,26,30)(H,31,32)/b28-17+/t20-,25+/m1/s1. The molecule has 11 nitrogen and oxygen atoms in total. The number of rotatable bonds is 16. The first-order valence-corrected chi connectivity index (χ1v) is 15.9. The normalized spacial score (nSPS) is 21.9. The molecule has 1 aliphatic heterocycles. The lowest BCUT2D eigenvalue weighted by Crippen LogP contribution is -2.45. The summed E-state index contributed by atoms with van der Waals surface area (Å²) in [5, 5.41) is 7.73. The highest BCUT2D eigenvalue weighted by molar-refractivity contribution is 8.16. The Morgan fingerprint density at radius 3 is 2.79 bits per heavy atom. The van der Waals surface area contributed by atoms with E-state index in [0.717, 1.165) is 25.9 Å². The number of hydrogen-bond acceptors (Lipinski definition) is 10. The van der Waals surface area contributed by atoms with Crippen LogP contribution in [0.2, 0.25) is 0 Å². The molecule has 1 fully saturated rings. The second-order valence-corrected chi connectivity index (χ2v) is 12.7. The molecule has 0 saturated heterocycles. The summed E-state index contributed by atoms with van der Waals surface area (Å²) in [6.07, 6.45) is 4.82. The minimum Gasteiger partial charge on any atom is -0.493 e. The number of aliphatic imine (C=N–C) groups is 1. The Morgan fingerprint density at radius 2 is 2.11 bits per heavy atom. The van der Waals surface area contributed by atoms with E-state index >= 15 is 0 Å². The van der Waals surface area contributed by atoms with E-state index in [-0.39, 0.29) is 12.5 Å². The van der Waals surface area contributed by atoms with Crippen LogP contribution < -0.4 is 15.7 Å². The summed E-state index contributed by atoms with van der Waals surface area (Å²) in [6, 6.07) is 2.54. The van der Waals surface area contributed by atoms with Crippen molar-refractivity contribution in [3.63, 3.8) is 0 Å². The molecular weight excluding hydrogens is 533 g/mol. The number of nitrogens with one attached hydrogen (secondary N) is 1. The Kier molecular flexibility index (Phi) is 11.0. The van der Waals surface area contributed by atoms with Gasteiger partial charge in [0.1, 0.15) is 34.4 Å². The zero-order chi connectivity index (χ0) is 27.8. The molecule has 1 unspecified atom stereocenters. The van der Waals surface area contributed by atoms with Crippen molar-refractivity contribution in [3.05, 3.63) is 28.3 Å². The van der Waals surface area contributed by atoms with Gasteiger partial charge in [0.25, 0.3) is 0 Å². The average molecular weight is 572 g/mol. The van der Waals surface area contributed by atoms with Gasteiger partial charge in [-0.2, -0.15) is 0 Å². The van der Waals surface area contributed by atoms with Crippen LogP contribution in [0.15, 0.2) is 31.5 Å². The Labute approximate surface area is 227 Å². The molecule has 1 saturated carbocycles. The van der Waals surface area contributed by atoms with Gasteiger partial charge in [0.05, 0.1) is 25.3 Å². The Hall–Kier alpha value is -2.14. The van der Waals surface area contributed by atoms with Gasteiger partial charge in [0, 0.05) is 18.5 Å². The highest BCUT2D eigenvalue weighted by Gasteiger charge is 2.40. The second-order valence-electron chi connectivity index (χ2n) is 9.92. The highest BCUT2D eigenvalue weighted by Crippen LogP contribution is 2.36. The quantitative estimate of drug-likeness (QED) is 0.128. The molecule has 13 heteroatoms. The summed E-state index contributed by atoms with van der Waals surface area (Å²) in [4.78, 5) is 44.6. The topological polar surface area (TPSA) is 149 Å². The molecule has 2 aliphatic rings. The fourth-order valence-corrected chi connectivity index (χ4v) is 5.19. The van der Waals surface area contributed by atoms with Crippen LogP contribution >= 0.6 is 19.4 Å². The van der Waals surface area contributed by atoms with E-state index in [1.165, 1.54) is 17.8 Å². The lowest BCUT2D eigenvalue weighted by molar-refractivity contribution is -0.125. The fraction of sp³-hybridized carbons (Fsp3) is 0.680. The molecule has 1 aliphatic carbocycles. The molecule has 0 spiro atoms. The third-order valence-corrected chi connectivity index (χ3v) is 8.00. The first-order valence-electron chi connectivity index (χ1n) is 12.9. The average Bonchev–Trinajstić information content (AvgIpc) is 3.59. The van der Waals surface area contributed by atoms with Crippen molar-refractivity contribution in [1.29, 1.82) is 0 Å². The Morgan fingerprint density at radius 1 is 1.37 bits per heavy atom. The number of carbonyl (C=O) groups is 1. The van der Waals surface area contributed by atoms with Crippen LogP contribution in [0.5, 0.6) is 5.75 Å². The van der Waals surface area contributed by atoms with Gasteiger partial charge in [-0.3, -0.25) is 14.4 Å². The second kappa shape index (κ2) is 13.8. The number of carbonyl (C=O) groups excluding carboxylic acids is 1. The molecule has 38 heavy (non-hydrogen) atoms. The highest BCUT2D eigenvalue weighted by atomic mass is 32.2. The molecule has 0 bridgehead atoms. The van der Waals surface area contributed by atoms with Gasteiger partial charge in [-0.15, -0.1) is 11.8 Å². The van der Waals surface area contributed by atoms with Crippen LogP contribution in [0.4, 0.5) is 0 Å².